The summed E-state index contributed by atoms with van der Waals surface area (Å²) >= 11 is 0. The Morgan fingerprint density at radius 1 is 1.25 bits per heavy atom. The Hall–Kier alpha value is -2.63. The Kier molecular flexibility index (Phi) is 6.12. The van der Waals surface area contributed by atoms with Crippen LogP contribution in [-0.4, -0.2) is 35.4 Å². The molecule has 0 fully saturated rings. The third-order valence-electron chi connectivity index (χ3n) is 3.57. The number of hydrogen-bond acceptors (Lipinski definition) is 5. The van der Waals surface area contributed by atoms with Gasteiger partial charge in [0.15, 0.2) is 5.78 Å². The Morgan fingerprint density at radius 3 is 2.54 bits per heavy atom. The summed E-state index contributed by atoms with van der Waals surface area (Å²) < 4.78 is 10.6. The SMILES string of the molecule is CC(=O)c1ccc(OCCCC(=O)N(C)Cc2cc(C)on2)cc1. The van der Waals surface area contributed by atoms with Gasteiger partial charge < -0.3 is 14.2 Å². The summed E-state index contributed by atoms with van der Waals surface area (Å²) in [5, 5.41) is 3.88. The van der Waals surface area contributed by atoms with Crippen LogP contribution in [0.15, 0.2) is 34.9 Å². The van der Waals surface area contributed by atoms with E-state index in [1.54, 1.807) is 36.2 Å². The zero-order valence-electron chi connectivity index (χ0n) is 14.2. The molecular weight excluding hydrogens is 308 g/mol. The lowest BCUT2D eigenvalue weighted by Gasteiger charge is -2.15. The topological polar surface area (TPSA) is 72.6 Å². The van der Waals surface area contributed by atoms with Crippen LogP contribution in [0.2, 0.25) is 0 Å². The van der Waals surface area contributed by atoms with Crippen molar-refractivity contribution in [2.24, 2.45) is 0 Å². The molecule has 6 nitrogen and oxygen atoms in total. The van der Waals surface area contributed by atoms with Crippen LogP contribution < -0.4 is 4.74 Å². The monoisotopic (exact) mass is 330 g/mol. The standard InChI is InChI=1S/C18H22N2O4/c1-13-11-16(19-24-13)12-20(3)18(22)5-4-10-23-17-8-6-15(7-9-17)14(2)21/h6-9,11H,4-5,10,12H2,1-3H3. The summed E-state index contributed by atoms with van der Waals surface area (Å²) in [5.41, 5.74) is 1.40. The molecule has 1 heterocycles. The number of hydrogen-bond donors (Lipinski definition) is 0. The molecule has 0 aliphatic carbocycles. The number of amides is 1. The number of aromatic nitrogens is 1. The van der Waals surface area contributed by atoms with E-state index in [-0.39, 0.29) is 11.7 Å². The van der Waals surface area contributed by atoms with E-state index in [1.807, 2.05) is 13.0 Å². The molecule has 0 atom stereocenters. The van der Waals surface area contributed by atoms with Gasteiger partial charge >= 0.3 is 0 Å². The maximum absolute atomic E-state index is 12.1. The second-order valence-corrected chi connectivity index (χ2v) is 5.71. The van der Waals surface area contributed by atoms with Gasteiger partial charge in [0.2, 0.25) is 5.91 Å². The molecule has 24 heavy (non-hydrogen) atoms. The van der Waals surface area contributed by atoms with Gasteiger partial charge in [-0.2, -0.15) is 0 Å². The normalized spacial score (nSPS) is 10.5. The third-order valence-corrected chi connectivity index (χ3v) is 3.57. The van der Waals surface area contributed by atoms with Crippen LogP contribution in [0.3, 0.4) is 0 Å². The Labute approximate surface area is 141 Å². The van der Waals surface area contributed by atoms with Gasteiger partial charge in [0, 0.05) is 25.1 Å². The first kappa shape index (κ1) is 17.7. The van der Waals surface area contributed by atoms with Crippen LogP contribution in [0.4, 0.5) is 0 Å². The van der Waals surface area contributed by atoms with Gasteiger partial charge in [-0.1, -0.05) is 5.16 Å². The Bertz CT molecular complexity index is 691. The lowest BCUT2D eigenvalue weighted by molar-refractivity contribution is -0.130. The highest BCUT2D eigenvalue weighted by molar-refractivity contribution is 5.94. The van der Waals surface area contributed by atoms with Crippen LogP contribution in [0.5, 0.6) is 5.75 Å². The number of carbonyl (C=O) groups is 2. The first-order chi connectivity index (χ1) is 11.5. The summed E-state index contributed by atoms with van der Waals surface area (Å²) in [6.07, 6.45) is 1.02. The highest BCUT2D eigenvalue weighted by atomic mass is 16.5. The molecule has 6 heteroatoms. The molecule has 0 saturated heterocycles. The molecule has 1 amide bonds. The van der Waals surface area contributed by atoms with Crippen molar-refractivity contribution in [2.75, 3.05) is 13.7 Å². The lowest BCUT2D eigenvalue weighted by atomic mass is 10.1. The molecule has 1 aromatic carbocycles. The van der Waals surface area contributed by atoms with Gasteiger partial charge in [-0.25, -0.2) is 0 Å². The number of rotatable bonds is 8. The summed E-state index contributed by atoms with van der Waals surface area (Å²) in [4.78, 5) is 24.9. The minimum absolute atomic E-state index is 0.0255. The van der Waals surface area contributed by atoms with Gasteiger partial charge in [0.25, 0.3) is 0 Å². The van der Waals surface area contributed by atoms with Crippen molar-refractivity contribution in [3.05, 3.63) is 47.3 Å². The molecule has 0 radical (unpaired) electrons. The molecule has 2 aromatic rings. The number of benzene rings is 1. The number of nitrogens with zero attached hydrogens (tertiary/aromatic N) is 2. The van der Waals surface area contributed by atoms with Crippen LogP contribution in [0.25, 0.3) is 0 Å². The smallest absolute Gasteiger partial charge is 0.222 e. The molecule has 0 spiro atoms. The summed E-state index contributed by atoms with van der Waals surface area (Å²) in [6, 6.07) is 8.81. The van der Waals surface area contributed by atoms with Crippen molar-refractivity contribution in [1.29, 1.82) is 0 Å². The average Bonchev–Trinajstić information content (AvgIpc) is 2.96. The zero-order valence-corrected chi connectivity index (χ0v) is 14.2. The van der Waals surface area contributed by atoms with E-state index in [0.717, 1.165) is 11.5 Å². The minimum atomic E-state index is 0.0255. The first-order valence-electron chi connectivity index (χ1n) is 7.85. The molecule has 0 aliphatic rings. The van der Waals surface area contributed by atoms with Crippen LogP contribution in [0.1, 0.15) is 41.6 Å². The van der Waals surface area contributed by atoms with E-state index in [4.69, 9.17) is 9.26 Å². The van der Waals surface area contributed by atoms with Gasteiger partial charge in [-0.15, -0.1) is 0 Å². The predicted molar refractivity (Wildman–Crippen MR) is 88.9 cm³/mol. The van der Waals surface area contributed by atoms with Gasteiger partial charge in [0.05, 0.1) is 13.2 Å². The summed E-state index contributed by atoms with van der Waals surface area (Å²) in [6.45, 7) is 4.22. The van der Waals surface area contributed by atoms with Crippen molar-refractivity contribution in [3.8, 4) is 5.75 Å². The maximum atomic E-state index is 12.1. The van der Waals surface area contributed by atoms with E-state index in [1.165, 1.54) is 6.92 Å². The molecule has 0 unspecified atom stereocenters. The Balaban J connectivity index is 1.69. The fourth-order valence-corrected chi connectivity index (χ4v) is 2.21. The molecule has 0 N–H and O–H groups in total. The van der Waals surface area contributed by atoms with Gasteiger partial charge in [-0.05, 0) is 44.5 Å². The quantitative estimate of drug-likeness (QED) is 0.549. The first-order valence-corrected chi connectivity index (χ1v) is 7.85. The summed E-state index contributed by atoms with van der Waals surface area (Å²) in [5.74, 6) is 1.48. The van der Waals surface area contributed by atoms with Crippen molar-refractivity contribution in [1.82, 2.24) is 10.1 Å². The van der Waals surface area contributed by atoms with Crippen molar-refractivity contribution < 1.29 is 18.8 Å². The number of carbonyl (C=O) groups excluding carboxylic acids is 2. The largest absolute Gasteiger partial charge is 0.494 e. The van der Waals surface area contributed by atoms with Crippen LogP contribution in [-0.2, 0) is 11.3 Å². The molecule has 0 saturated carbocycles. The molecule has 1 aromatic heterocycles. The average molecular weight is 330 g/mol. The van der Waals surface area contributed by atoms with E-state index in [9.17, 15) is 9.59 Å². The Morgan fingerprint density at radius 2 is 1.96 bits per heavy atom. The van der Waals surface area contributed by atoms with Gasteiger partial charge in [0.1, 0.15) is 17.2 Å². The second-order valence-electron chi connectivity index (χ2n) is 5.71. The van der Waals surface area contributed by atoms with Crippen LogP contribution in [0, 0.1) is 6.92 Å². The number of aryl methyl sites for hydroxylation is 1. The van der Waals surface area contributed by atoms with Crippen LogP contribution >= 0.6 is 0 Å². The van der Waals surface area contributed by atoms with E-state index in [2.05, 4.69) is 5.16 Å². The highest BCUT2D eigenvalue weighted by Gasteiger charge is 2.11. The minimum Gasteiger partial charge on any atom is -0.494 e. The van der Waals surface area contributed by atoms with E-state index in [0.29, 0.717) is 37.3 Å². The van der Waals surface area contributed by atoms with E-state index >= 15 is 0 Å². The highest BCUT2D eigenvalue weighted by Crippen LogP contribution is 2.13. The van der Waals surface area contributed by atoms with Crippen molar-refractivity contribution in [2.45, 2.75) is 33.2 Å². The molecule has 2 rings (SSSR count). The van der Waals surface area contributed by atoms with E-state index < -0.39 is 0 Å². The van der Waals surface area contributed by atoms with Crippen molar-refractivity contribution in [3.63, 3.8) is 0 Å². The zero-order chi connectivity index (χ0) is 17.5. The van der Waals surface area contributed by atoms with Crippen molar-refractivity contribution >= 4 is 11.7 Å². The third kappa shape index (κ3) is 5.22. The number of Topliss-reactive ketones (excluding diaryl/α,β-unsaturated/α-hetero) is 1. The number of ether oxygens (including phenoxy) is 1. The fraction of sp³-hybridized carbons (Fsp3) is 0.389. The molecule has 0 aliphatic heterocycles. The number of ketones is 1. The fourth-order valence-electron chi connectivity index (χ4n) is 2.21. The predicted octanol–water partition coefficient (Wildman–Crippen LogP) is 3.00. The lowest BCUT2D eigenvalue weighted by Crippen LogP contribution is -2.26. The maximum Gasteiger partial charge on any atom is 0.222 e. The molecule has 0 bridgehead atoms. The van der Waals surface area contributed by atoms with Gasteiger partial charge in [-0.3, -0.25) is 9.59 Å². The molecule has 128 valence electrons. The second kappa shape index (κ2) is 8.29. The summed E-state index contributed by atoms with van der Waals surface area (Å²) in [7, 11) is 1.74. The molecular formula is C18H22N2O4.